The summed E-state index contributed by atoms with van der Waals surface area (Å²) in [5.41, 5.74) is 2.71. The minimum Gasteiger partial charge on any atom is -0.497 e. The third-order valence-electron chi connectivity index (χ3n) is 5.53. The third-order valence-corrected chi connectivity index (χ3v) is 8.42. The highest BCUT2D eigenvalue weighted by Gasteiger charge is 2.44. The largest absolute Gasteiger partial charge is 0.497 e. The lowest BCUT2D eigenvalue weighted by Crippen LogP contribution is -2.51. The van der Waals surface area contributed by atoms with Crippen LogP contribution in [0.1, 0.15) is 43.0 Å². The number of carbonyl (C=O) groups is 1. The van der Waals surface area contributed by atoms with Crippen LogP contribution in [0, 0.1) is 5.92 Å². The van der Waals surface area contributed by atoms with Crippen LogP contribution < -0.4 is 10.2 Å². The molecular formula is C21H28N2O5S2. The SMILES string of the molecule is COc1ccc(S(=O)(=O)N2CCc3sccc3[C@@H](CCC(C)C)[C@@H]2C(=O)NO)cc1. The number of nitrogens with one attached hydrogen (secondary N) is 1. The minimum atomic E-state index is -3.97. The van der Waals surface area contributed by atoms with Gasteiger partial charge in [-0.2, -0.15) is 4.31 Å². The first-order valence-electron chi connectivity index (χ1n) is 9.95. The summed E-state index contributed by atoms with van der Waals surface area (Å²) in [5, 5.41) is 11.4. The van der Waals surface area contributed by atoms with Gasteiger partial charge in [-0.25, -0.2) is 13.9 Å². The number of thiophene rings is 1. The summed E-state index contributed by atoms with van der Waals surface area (Å²) >= 11 is 1.58. The van der Waals surface area contributed by atoms with Crippen LogP contribution in [0.2, 0.25) is 0 Å². The number of nitrogens with zero attached hydrogens (tertiary/aromatic N) is 1. The number of ether oxygens (including phenoxy) is 1. The lowest BCUT2D eigenvalue weighted by molar-refractivity contribution is -0.134. The average molecular weight is 453 g/mol. The van der Waals surface area contributed by atoms with E-state index in [2.05, 4.69) is 13.8 Å². The zero-order valence-electron chi connectivity index (χ0n) is 17.4. The molecule has 1 aliphatic heterocycles. The summed E-state index contributed by atoms with van der Waals surface area (Å²) in [4.78, 5) is 14.0. The molecule has 1 aliphatic rings. The van der Waals surface area contributed by atoms with Gasteiger partial charge in [-0.15, -0.1) is 11.3 Å². The van der Waals surface area contributed by atoms with Crippen LogP contribution in [0.3, 0.4) is 0 Å². The summed E-state index contributed by atoms with van der Waals surface area (Å²) in [5.74, 6) is -0.0949. The fourth-order valence-electron chi connectivity index (χ4n) is 3.96. The van der Waals surface area contributed by atoms with E-state index < -0.39 is 22.0 Å². The van der Waals surface area contributed by atoms with Gasteiger partial charge in [0.15, 0.2) is 0 Å². The topological polar surface area (TPSA) is 95.9 Å². The predicted molar refractivity (Wildman–Crippen MR) is 115 cm³/mol. The number of sulfonamides is 1. The van der Waals surface area contributed by atoms with Crippen LogP contribution in [0.25, 0.3) is 0 Å². The van der Waals surface area contributed by atoms with Gasteiger partial charge in [0, 0.05) is 17.3 Å². The van der Waals surface area contributed by atoms with Crippen molar-refractivity contribution in [2.45, 2.75) is 50.0 Å². The van der Waals surface area contributed by atoms with Gasteiger partial charge in [-0.1, -0.05) is 20.3 Å². The molecule has 9 heteroatoms. The van der Waals surface area contributed by atoms with Crippen molar-refractivity contribution in [1.29, 1.82) is 0 Å². The minimum absolute atomic E-state index is 0.0897. The molecule has 0 radical (unpaired) electrons. The molecule has 164 valence electrons. The van der Waals surface area contributed by atoms with E-state index >= 15 is 0 Å². The van der Waals surface area contributed by atoms with Crippen molar-refractivity contribution < 1.29 is 23.2 Å². The smallest absolute Gasteiger partial charge is 0.262 e. The zero-order valence-corrected chi connectivity index (χ0v) is 19.0. The number of hydroxylamine groups is 1. The molecular weight excluding hydrogens is 424 g/mol. The van der Waals surface area contributed by atoms with E-state index in [4.69, 9.17) is 4.74 Å². The van der Waals surface area contributed by atoms with Crippen LogP contribution in [-0.2, 0) is 21.2 Å². The molecule has 2 N–H and O–H groups in total. The Labute approximate surface area is 181 Å². The molecule has 0 saturated heterocycles. The predicted octanol–water partition coefficient (Wildman–Crippen LogP) is 3.40. The molecule has 1 aromatic heterocycles. The van der Waals surface area contributed by atoms with E-state index in [1.54, 1.807) is 28.9 Å². The average Bonchev–Trinajstić information content (AvgIpc) is 3.13. The van der Waals surface area contributed by atoms with Crippen molar-refractivity contribution in [3.63, 3.8) is 0 Å². The van der Waals surface area contributed by atoms with E-state index in [0.29, 0.717) is 24.5 Å². The van der Waals surface area contributed by atoms with E-state index in [1.807, 2.05) is 11.4 Å². The molecule has 2 atom stereocenters. The molecule has 3 rings (SSSR count). The second-order valence-corrected chi connectivity index (χ2v) is 10.7. The number of methoxy groups -OCH3 is 1. The van der Waals surface area contributed by atoms with Gasteiger partial charge in [-0.3, -0.25) is 10.0 Å². The highest BCUT2D eigenvalue weighted by Crippen LogP contribution is 2.39. The summed E-state index contributed by atoms with van der Waals surface area (Å²) < 4.78 is 33.5. The Morgan fingerprint density at radius 1 is 1.30 bits per heavy atom. The fourth-order valence-corrected chi connectivity index (χ4v) is 6.53. The normalized spacial score (nSPS) is 19.9. The van der Waals surface area contributed by atoms with Gasteiger partial charge in [0.05, 0.1) is 12.0 Å². The number of hydrogen-bond acceptors (Lipinski definition) is 6. The van der Waals surface area contributed by atoms with Crippen LogP contribution in [0.5, 0.6) is 5.75 Å². The lowest BCUT2D eigenvalue weighted by atomic mass is 9.86. The second kappa shape index (κ2) is 9.47. The molecule has 0 spiro atoms. The molecule has 30 heavy (non-hydrogen) atoms. The Morgan fingerprint density at radius 2 is 2.00 bits per heavy atom. The molecule has 0 saturated carbocycles. The number of hydrogen-bond donors (Lipinski definition) is 2. The van der Waals surface area contributed by atoms with Crippen LogP contribution in [-0.4, -0.2) is 43.5 Å². The molecule has 0 unspecified atom stereocenters. The van der Waals surface area contributed by atoms with E-state index in [0.717, 1.165) is 16.9 Å². The number of benzene rings is 1. The molecule has 0 fully saturated rings. The Kier molecular flexibility index (Phi) is 7.18. The molecule has 0 aliphatic carbocycles. The Balaban J connectivity index is 2.07. The van der Waals surface area contributed by atoms with Crippen molar-refractivity contribution in [2.75, 3.05) is 13.7 Å². The Morgan fingerprint density at radius 3 is 2.60 bits per heavy atom. The maximum atomic E-state index is 13.6. The Hall–Kier alpha value is -1.94. The Bertz CT molecular complexity index is 970. The number of carbonyl (C=O) groups excluding carboxylic acids is 1. The summed E-state index contributed by atoms with van der Waals surface area (Å²) in [7, 11) is -2.46. The van der Waals surface area contributed by atoms with Crippen molar-refractivity contribution in [3.8, 4) is 5.75 Å². The van der Waals surface area contributed by atoms with Gasteiger partial charge >= 0.3 is 0 Å². The van der Waals surface area contributed by atoms with Crippen molar-refractivity contribution in [1.82, 2.24) is 9.79 Å². The molecule has 2 aromatic rings. The van der Waals surface area contributed by atoms with Crippen LogP contribution >= 0.6 is 11.3 Å². The molecule has 0 bridgehead atoms. The van der Waals surface area contributed by atoms with Crippen molar-refractivity contribution in [3.05, 3.63) is 46.2 Å². The van der Waals surface area contributed by atoms with E-state index in [-0.39, 0.29) is 17.4 Å². The first-order valence-corrected chi connectivity index (χ1v) is 12.3. The van der Waals surface area contributed by atoms with Crippen molar-refractivity contribution >= 4 is 27.3 Å². The molecule has 1 amide bonds. The van der Waals surface area contributed by atoms with Gasteiger partial charge < -0.3 is 4.74 Å². The molecule has 1 aromatic carbocycles. The lowest BCUT2D eigenvalue weighted by Gasteiger charge is -2.33. The first-order chi connectivity index (χ1) is 14.3. The van der Waals surface area contributed by atoms with Crippen LogP contribution in [0.15, 0.2) is 40.6 Å². The standard InChI is InChI=1S/C21H28N2O5S2/c1-14(2)4-9-18-17-11-13-29-19(17)10-12-23(20(18)21(24)22-25)30(26,27)16-7-5-15(28-3)6-8-16/h5-8,11,13-14,18,20,25H,4,9-10,12H2,1-3H3,(H,22,24)/t18-,20-/m1/s1. The monoisotopic (exact) mass is 452 g/mol. The highest BCUT2D eigenvalue weighted by atomic mass is 32.2. The number of fused-ring (bicyclic) bond motifs is 1. The fraction of sp³-hybridized carbons (Fsp3) is 0.476. The van der Waals surface area contributed by atoms with Crippen molar-refractivity contribution in [2.24, 2.45) is 5.92 Å². The van der Waals surface area contributed by atoms with E-state index in [1.165, 1.54) is 23.5 Å². The maximum Gasteiger partial charge on any atom is 0.262 e. The van der Waals surface area contributed by atoms with Crippen LogP contribution in [0.4, 0.5) is 0 Å². The number of rotatable bonds is 7. The maximum absolute atomic E-state index is 13.6. The van der Waals surface area contributed by atoms with Gasteiger partial charge in [0.1, 0.15) is 11.8 Å². The number of amides is 1. The summed E-state index contributed by atoms with van der Waals surface area (Å²) in [6, 6.07) is 7.07. The van der Waals surface area contributed by atoms with E-state index in [9.17, 15) is 18.4 Å². The highest BCUT2D eigenvalue weighted by molar-refractivity contribution is 7.89. The molecule has 2 heterocycles. The van der Waals surface area contributed by atoms with Gasteiger partial charge in [0.2, 0.25) is 10.0 Å². The first kappa shape index (κ1) is 22.7. The third kappa shape index (κ3) is 4.54. The molecule has 7 nitrogen and oxygen atoms in total. The quantitative estimate of drug-likeness (QED) is 0.496. The van der Waals surface area contributed by atoms with Gasteiger partial charge in [0.25, 0.3) is 5.91 Å². The van der Waals surface area contributed by atoms with Gasteiger partial charge in [-0.05, 0) is 60.0 Å². The summed E-state index contributed by atoms with van der Waals surface area (Å²) in [6.45, 7) is 4.36. The second-order valence-electron chi connectivity index (χ2n) is 7.84. The summed E-state index contributed by atoms with van der Waals surface area (Å²) in [6.07, 6.45) is 2.01. The zero-order chi connectivity index (χ0) is 21.9.